The van der Waals surface area contributed by atoms with Crippen molar-refractivity contribution in [2.75, 3.05) is 51.2 Å². The SMILES string of the molecule is CN1CCN(c2coc3cnc(C(=O)N[C@H]4CN5CCC4CC5)cc23)CC1=O. The van der Waals surface area contributed by atoms with Crippen LogP contribution in [0.5, 0.6) is 0 Å². The van der Waals surface area contributed by atoms with E-state index in [2.05, 4.69) is 15.2 Å². The lowest BCUT2D eigenvalue weighted by atomic mass is 9.84. The van der Waals surface area contributed by atoms with Gasteiger partial charge in [-0.2, -0.15) is 0 Å². The molecular weight excluding hydrogens is 358 g/mol. The average molecular weight is 383 g/mol. The van der Waals surface area contributed by atoms with Gasteiger partial charge in [-0.15, -0.1) is 0 Å². The molecule has 0 spiro atoms. The van der Waals surface area contributed by atoms with Crippen LogP contribution in [0.25, 0.3) is 11.0 Å². The monoisotopic (exact) mass is 383 g/mol. The summed E-state index contributed by atoms with van der Waals surface area (Å²) in [4.78, 5) is 35.4. The van der Waals surface area contributed by atoms with Crippen molar-refractivity contribution in [3.63, 3.8) is 0 Å². The summed E-state index contributed by atoms with van der Waals surface area (Å²) in [7, 11) is 1.81. The molecule has 2 aromatic heterocycles. The van der Waals surface area contributed by atoms with E-state index in [-0.39, 0.29) is 17.9 Å². The summed E-state index contributed by atoms with van der Waals surface area (Å²) < 4.78 is 5.62. The van der Waals surface area contributed by atoms with Gasteiger partial charge in [0.1, 0.15) is 12.0 Å². The first-order valence-electron chi connectivity index (χ1n) is 9.98. The third kappa shape index (κ3) is 3.01. The molecule has 6 heterocycles. The Labute approximate surface area is 163 Å². The van der Waals surface area contributed by atoms with Crippen LogP contribution in [-0.4, -0.2) is 79.0 Å². The summed E-state index contributed by atoms with van der Waals surface area (Å²) in [5.41, 5.74) is 1.86. The Morgan fingerprint density at radius 2 is 2.07 bits per heavy atom. The zero-order valence-corrected chi connectivity index (χ0v) is 16.1. The number of anilines is 1. The van der Waals surface area contributed by atoms with Crippen molar-refractivity contribution >= 4 is 28.5 Å². The molecule has 0 unspecified atom stereocenters. The molecule has 0 radical (unpaired) electrons. The fourth-order valence-electron chi connectivity index (χ4n) is 4.62. The Morgan fingerprint density at radius 3 is 2.79 bits per heavy atom. The van der Waals surface area contributed by atoms with Crippen LogP contribution in [0.2, 0.25) is 0 Å². The molecule has 6 rings (SSSR count). The third-order valence-corrected chi connectivity index (χ3v) is 6.44. The summed E-state index contributed by atoms with van der Waals surface area (Å²) in [6.45, 7) is 4.93. The van der Waals surface area contributed by atoms with E-state index in [1.165, 1.54) is 0 Å². The van der Waals surface area contributed by atoms with Gasteiger partial charge in [-0.3, -0.25) is 9.59 Å². The number of nitrogens with zero attached hydrogens (tertiary/aromatic N) is 4. The molecule has 4 aliphatic heterocycles. The van der Waals surface area contributed by atoms with Crippen molar-refractivity contribution in [2.45, 2.75) is 18.9 Å². The summed E-state index contributed by atoms with van der Waals surface area (Å²) in [5, 5.41) is 4.01. The summed E-state index contributed by atoms with van der Waals surface area (Å²) >= 11 is 0. The smallest absolute Gasteiger partial charge is 0.270 e. The van der Waals surface area contributed by atoms with Crippen LogP contribution in [-0.2, 0) is 4.79 Å². The number of hydrogen-bond acceptors (Lipinski definition) is 6. The van der Waals surface area contributed by atoms with Gasteiger partial charge in [0.2, 0.25) is 5.91 Å². The number of piperidine rings is 3. The van der Waals surface area contributed by atoms with E-state index in [1.807, 2.05) is 11.9 Å². The molecule has 4 aliphatic rings. The molecule has 28 heavy (non-hydrogen) atoms. The van der Waals surface area contributed by atoms with E-state index < -0.39 is 0 Å². The molecule has 1 N–H and O–H groups in total. The number of carbonyl (C=O) groups is 2. The van der Waals surface area contributed by atoms with Gasteiger partial charge < -0.3 is 24.4 Å². The van der Waals surface area contributed by atoms with Crippen LogP contribution in [0.15, 0.2) is 22.9 Å². The largest absolute Gasteiger partial charge is 0.460 e. The van der Waals surface area contributed by atoms with E-state index in [0.29, 0.717) is 30.3 Å². The lowest BCUT2D eigenvalue weighted by Gasteiger charge is -2.44. The second-order valence-electron chi connectivity index (χ2n) is 8.14. The lowest BCUT2D eigenvalue weighted by molar-refractivity contribution is -0.129. The highest BCUT2D eigenvalue weighted by molar-refractivity contribution is 6.00. The number of rotatable bonds is 3. The van der Waals surface area contributed by atoms with Gasteiger partial charge in [-0.25, -0.2) is 4.98 Å². The maximum Gasteiger partial charge on any atom is 0.270 e. The molecule has 148 valence electrons. The van der Waals surface area contributed by atoms with E-state index in [4.69, 9.17) is 4.42 Å². The first-order valence-corrected chi connectivity index (χ1v) is 9.98. The average Bonchev–Trinajstić information content (AvgIpc) is 3.14. The second kappa shape index (κ2) is 6.77. The molecule has 2 amide bonds. The third-order valence-electron chi connectivity index (χ3n) is 6.44. The van der Waals surface area contributed by atoms with Gasteiger partial charge in [0.25, 0.3) is 5.91 Å². The predicted molar refractivity (Wildman–Crippen MR) is 104 cm³/mol. The minimum Gasteiger partial charge on any atom is -0.460 e. The zero-order chi connectivity index (χ0) is 19.3. The van der Waals surface area contributed by atoms with Gasteiger partial charge in [-0.05, 0) is 37.9 Å². The van der Waals surface area contributed by atoms with Crippen molar-refractivity contribution in [3.8, 4) is 0 Å². The van der Waals surface area contributed by atoms with Crippen molar-refractivity contribution < 1.29 is 14.0 Å². The van der Waals surface area contributed by atoms with Crippen LogP contribution >= 0.6 is 0 Å². The number of nitrogens with one attached hydrogen (secondary N) is 1. The molecule has 4 fully saturated rings. The van der Waals surface area contributed by atoms with Crippen molar-refractivity contribution in [2.24, 2.45) is 5.92 Å². The number of pyridine rings is 1. The molecule has 0 saturated carbocycles. The summed E-state index contributed by atoms with van der Waals surface area (Å²) in [6.07, 6.45) is 5.56. The normalized spacial score (nSPS) is 27.5. The van der Waals surface area contributed by atoms with E-state index in [1.54, 1.807) is 23.4 Å². The number of amides is 2. The lowest BCUT2D eigenvalue weighted by Crippen LogP contribution is -2.57. The number of likely N-dealkylation sites (N-methyl/N-ethyl adjacent to an activating group) is 1. The highest BCUT2D eigenvalue weighted by atomic mass is 16.3. The minimum absolute atomic E-state index is 0.0787. The molecule has 0 aliphatic carbocycles. The molecular formula is C20H25N5O3. The fraction of sp³-hybridized carbons (Fsp3) is 0.550. The first-order chi connectivity index (χ1) is 13.6. The molecule has 8 heteroatoms. The number of furan rings is 1. The molecule has 1 atom stereocenters. The number of hydrogen-bond donors (Lipinski definition) is 1. The van der Waals surface area contributed by atoms with Gasteiger partial charge in [0.05, 0.1) is 18.4 Å². The molecule has 2 aromatic rings. The van der Waals surface area contributed by atoms with Gasteiger partial charge in [-0.1, -0.05) is 0 Å². The number of aromatic nitrogens is 1. The predicted octanol–water partition coefficient (Wildman–Crippen LogP) is 0.930. The number of fused-ring (bicyclic) bond motifs is 4. The zero-order valence-electron chi connectivity index (χ0n) is 16.1. The summed E-state index contributed by atoms with van der Waals surface area (Å²) in [5.74, 6) is 0.510. The van der Waals surface area contributed by atoms with Crippen molar-refractivity contribution in [3.05, 3.63) is 24.2 Å². The molecule has 8 nitrogen and oxygen atoms in total. The van der Waals surface area contributed by atoms with E-state index in [0.717, 1.165) is 50.1 Å². The fourth-order valence-corrected chi connectivity index (χ4v) is 4.62. The van der Waals surface area contributed by atoms with Crippen LogP contribution in [0.1, 0.15) is 23.3 Å². The highest BCUT2D eigenvalue weighted by Gasteiger charge is 2.35. The Hall–Kier alpha value is -2.61. The highest BCUT2D eigenvalue weighted by Crippen LogP contribution is 2.31. The molecule has 2 bridgehead atoms. The Kier molecular flexibility index (Phi) is 4.23. The Morgan fingerprint density at radius 1 is 1.25 bits per heavy atom. The topological polar surface area (TPSA) is 81.9 Å². The molecule has 0 aromatic carbocycles. The first kappa shape index (κ1) is 17.5. The van der Waals surface area contributed by atoms with Crippen molar-refractivity contribution in [1.82, 2.24) is 20.1 Å². The van der Waals surface area contributed by atoms with Crippen LogP contribution < -0.4 is 10.2 Å². The second-order valence-corrected chi connectivity index (χ2v) is 8.14. The maximum atomic E-state index is 12.8. The number of carbonyl (C=O) groups excluding carboxylic acids is 2. The van der Waals surface area contributed by atoms with Gasteiger partial charge >= 0.3 is 0 Å². The minimum atomic E-state index is -0.137. The molecule has 4 saturated heterocycles. The van der Waals surface area contributed by atoms with E-state index >= 15 is 0 Å². The van der Waals surface area contributed by atoms with E-state index in [9.17, 15) is 9.59 Å². The standard InChI is InChI=1S/C20H25N5O3/c1-23-6-7-25(11-19(23)26)17-12-28-18-9-21-15(8-14(17)18)20(27)22-16-10-24-4-2-13(16)3-5-24/h8-9,12-13,16H,2-7,10-11H2,1H3,(H,22,27)/t16-/m0/s1. The Bertz CT molecular complexity index is 918. The summed E-state index contributed by atoms with van der Waals surface area (Å²) in [6, 6.07) is 1.99. The Balaban J connectivity index is 1.37. The quantitative estimate of drug-likeness (QED) is 0.849. The van der Waals surface area contributed by atoms with Gasteiger partial charge in [0, 0.05) is 38.1 Å². The maximum absolute atomic E-state index is 12.8. The number of piperazine rings is 1. The van der Waals surface area contributed by atoms with Crippen LogP contribution in [0, 0.1) is 5.92 Å². The van der Waals surface area contributed by atoms with Crippen LogP contribution in [0.3, 0.4) is 0 Å². The van der Waals surface area contributed by atoms with Gasteiger partial charge in [0.15, 0.2) is 5.58 Å². The van der Waals surface area contributed by atoms with Crippen LogP contribution in [0.4, 0.5) is 5.69 Å². The van der Waals surface area contributed by atoms with Crippen molar-refractivity contribution in [1.29, 1.82) is 0 Å².